The molecule has 0 radical (unpaired) electrons. The Morgan fingerprint density at radius 2 is 2.00 bits per heavy atom. The van der Waals surface area contributed by atoms with Crippen LogP contribution < -0.4 is 5.32 Å². The Kier molecular flexibility index (Phi) is 4.33. The molecule has 0 aromatic heterocycles. The van der Waals surface area contributed by atoms with E-state index in [2.05, 4.69) is 5.32 Å². The molecule has 0 heterocycles. The second-order valence-electron chi connectivity index (χ2n) is 3.65. The maximum Gasteiger partial charge on any atom is 0.330 e. The van der Waals surface area contributed by atoms with Gasteiger partial charge in [-0.05, 0) is 31.2 Å². The first kappa shape index (κ1) is 13.0. The van der Waals surface area contributed by atoms with Crippen molar-refractivity contribution in [1.82, 2.24) is 5.32 Å². The van der Waals surface area contributed by atoms with Crippen LogP contribution in [0.1, 0.15) is 19.4 Å². The van der Waals surface area contributed by atoms with E-state index in [4.69, 9.17) is 16.3 Å². The van der Waals surface area contributed by atoms with E-state index in [1.165, 1.54) is 7.11 Å². The van der Waals surface area contributed by atoms with E-state index in [0.717, 1.165) is 5.56 Å². The molecule has 0 fully saturated rings. The van der Waals surface area contributed by atoms with Crippen molar-refractivity contribution < 1.29 is 9.53 Å². The van der Waals surface area contributed by atoms with Gasteiger partial charge in [0, 0.05) is 5.02 Å². The standard InChI is InChI=1S/C12H16ClNO2/c1-4-14-12(2,11(15)16-3)9-5-7-10(13)8-6-9/h5-8,14H,4H2,1-3H3. The number of likely N-dealkylation sites (N-methyl/N-ethyl adjacent to an activating group) is 1. The van der Waals surface area contributed by atoms with E-state index >= 15 is 0 Å². The zero-order valence-corrected chi connectivity index (χ0v) is 10.5. The smallest absolute Gasteiger partial charge is 0.330 e. The van der Waals surface area contributed by atoms with Crippen molar-refractivity contribution in [2.24, 2.45) is 0 Å². The lowest BCUT2D eigenvalue weighted by Gasteiger charge is -2.28. The Bertz CT molecular complexity index is 364. The van der Waals surface area contributed by atoms with E-state index in [0.29, 0.717) is 11.6 Å². The molecule has 0 aliphatic carbocycles. The molecule has 0 saturated carbocycles. The molecule has 0 aliphatic rings. The summed E-state index contributed by atoms with van der Waals surface area (Å²) < 4.78 is 4.82. The summed E-state index contributed by atoms with van der Waals surface area (Å²) in [5.74, 6) is -0.309. The average molecular weight is 242 g/mol. The molecule has 88 valence electrons. The Labute approximate surface area is 101 Å². The summed E-state index contributed by atoms with van der Waals surface area (Å²) in [6.07, 6.45) is 0. The monoisotopic (exact) mass is 241 g/mol. The predicted molar refractivity (Wildman–Crippen MR) is 64.5 cm³/mol. The lowest BCUT2D eigenvalue weighted by molar-refractivity contribution is -0.148. The largest absolute Gasteiger partial charge is 0.467 e. The molecule has 0 spiro atoms. The molecule has 1 aromatic carbocycles. The Hall–Kier alpha value is -1.06. The Balaban J connectivity index is 3.10. The van der Waals surface area contributed by atoms with Gasteiger partial charge in [0.15, 0.2) is 0 Å². The van der Waals surface area contributed by atoms with E-state index in [-0.39, 0.29) is 5.97 Å². The fourth-order valence-electron chi connectivity index (χ4n) is 1.63. The normalized spacial score (nSPS) is 14.2. The molecule has 16 heavy (non-hydrogen) atoms. The van der Waals surface area contributed by atoms with Crippen LogP contribution in [0.25, 0.3) is 0 Å². The first-order chi connectivity index (χ1) is 7.54. The minimum Gasteiger partial charge on any atom is -0.467 e. The van der Waals surface area contributed by atoms with E-state index in [1.807, 2.05) is 19.1 Å². The number of carbonyl (C=O) groups is 1. The van der Waals surface area contributed by atoms with Crippen LogP contribution in [0.15, 0.2) is 24.3 Å². The minimum atomic E-state index is -0.825. The quantitative estimate of drug-likeness (QED) is 0.823. The number of nitrogens with one attached hydrogen (secondary N) is 1. The maximum absolute atomic E-state index is 11.8. The minimum absolute atomic E-state index is 0.309. The number of hydrogen-bond acceptors (Lipinski definition) is 3. The van der Waals surface area contributed by atoms with Crippen LogP contribution in [0.4, 0.5) is 0 Å². The zero-order chi connectivity index (χ0) is 12.2. The van der Waals surface area contributed by atoms with Crippen LogP contribution in [0, 0.1) is 0 Å². The van der Waals surface area contributed by atoms with Gasteiger partial charge in [-0.1, -0.05) is 30.7 Å². The van der Waals surface area contributed by atoms with Crippen LogP contribution in [0.3, 0.4) is 0 Å². The first-order valence-electron chi connectivity index (χ1n) is 5.14. The number of benzene rings is 1. The summed E-state index contributed by atoms with van der Waals surface area (Å²) in [5, 5.41) is 3.77. The molecule has 0 aliphatic heterocycles. The molecule has 1 atom stereocenters. The fraction of sp³-hybridized carbons (Fsp3) is 0.417. The first-order valence-corrected chi connectivity index (χ1v) is 5.52. The molecule has 1 N–H and O–H groups in total. The third kappa shape index (κ3) is 2.54. The number of carbonyl (C=O) groups excluding carboxylic acids is 1. The van der Waals surface area contributed by atoms with Gasteiger partial charge in [-0.25, -0.2) is 4.79 Å². The van der Waals surface area contributed by atoms with Crippen molar-refractivity contribution in [3.05, 3.63) is 34.9 Å². The van der Waals surface area contributed by atoms with Gasteiger partial charge in [-0.3, -0.25) is 5.32 Å². The van der Waals surface area contributed by atoms with Gasteiger partial charge >= 0.3 is 5.97 Å². The molecular formula is C12H16ClNO2. The van der Waals surface area contributed by atoms with Crippen molar-refractivity contribution in [1.29, 1.82) is 0 Å². The van der Waals surface area contributed by atoms with Crippen molar-refractivity contribution in [2.75, 3.05) is 13.7 Å². The van der Waals surface area contributed by atoms with Gasteiger partial charge in [0.2, 0.25) is 0 Å². The summed E-state index contributed by atoms with van der Waals surface area (Å²) in [5.41, 5.74) is 0.0132. The van der Waals surface area contributed by atoms with Gasteiger partial charge in [-0.15, -0.1) is 0 Å². The van der Waals surface area contributed by atoms with Crippen LogP contribution in [0.2, 0.25) is 5.02 Å². The Morgan fingerprint density at radius 1 is 1.44 bits per heavy atom. The van der Waals surface area contributed by atoms with Gasteiger partial charge in [0.25, 0.3) is 0 Å². The highest BCUT2D eigenvalue weighted by Gasteiger charge is 2.35. The average Bonchev–Trinajstić information content (AvgIpc) is 2.29. The van der Waals surface area contributed by atoms with E-state index < -0.39 is 5.54 Å². The summed E-state index contributed by atoms with van der Waals surface area (Å²) >= 11 is 5.82. The van der Waals surface area contributed by atoms with Gasteiger partial charge in [-0.2, -0.15) is 0 Å². The van der Waals surface area contributed by atoms with Crippen LogP contribution >= 0.6 is 11.6 Å². The fourth-order valence-corrected chi connectivity index (χ4v) is 1.76. The number of methoxy groups -OCH3 is 1. The van der Waals surface area contributed by atoms with Crippen LogP contribution in [0.5, 0.6) is 0 Å². The molecule has 1 aromatic rings. The number of esters is 1. The van der Waals surface area contributed by atoms with Gasteiger partial charge < -0.3 is 4.74 Å². The predicted octanol–water partition coefficient (Wildman–Crippen LogP) is 2.34. The summed E-state index contributed by atoms with van der Waals surface area (Å²) in [6, 6.07) is 7.16. The van der Waals surface area contributed by atoms with Crippen LogP contribution in [-0.4, -0.2) is 19.6 Å². The maximum atomic E-state index is 11.8. The lowest BCUT2D eigenvalue weighted by atomic mass is 9.92. The molecule has 1 rings (SSSR count). The van der Waals surface area contributed by atoms with Crippen molar-refractivity contribution in [2.45, 2.75) is 19.4 Å². The highest BCUT2D eigenvalue weighted by atomic mass is 35.5. The van der Waals surface area contributed by atoms with E-state index in [1.54, 1.807) is 19.1 Å². The van der Waals surface area contributed by atoms with Crippen LogP contribution in [-0.2, 0) is 15.1 Å². The van der Waals surface area contributed by atoms with Crippen molar-refractivity contribution in [3.63, 3.8) is 0 Å². The third-order valence-corrected chi connectivity index (χ3v) is 2.80. The molecule has 0 amide bonds. The van der Waals surface area contributed by atoms with Crippen molar-refractivity contribution >= 4 is 17.6 Å². The second kappa shape index (κ2) is 5.32. The molecule has 4 heteroatoms. The van der Waals surface area contributed by atoms with Crippen molar-refractivity contribution in [3.8, 4) is 0 Å². The molecule has 0 saturated heterocycles. The summed E-state index contributed by atoms with van der Waals surface area (Å²) in [7, 11) is 1.38. The third-order valence-electron chi connectivity index (χ3n) is 2.55. The number of rotatable bonds is 4. The van der Waals surface area contributed by atoms with Gasteiger partial charge in [0.1, 0.15) is 5.54 Å². The second-order valence-corrected chi connectivity index (χ2v) is 4.09. The highest BCUT2D eigenvalue weighted by molar-refractivity contribution is 6.30. The molecule has 0 bridgehead atoms. The molecule has 3 nitrogen and oxygen atoms in total. The topological polar surface area (TPSA) is 38.3 Å². The Morgan fingerprint density at radius 3 is 2.44 bits per heavy atom. The number of hydrogen-bond donors (Lipinski definition) is 1. The number of halogens is 1. The lowest BCUT2D eigenvalue weighted by Crippen LogP contribution is -2.47. The number of ether oxygens (including phenoxy) is 1. The summed E-state index contributed by atoms with van der Waals surface area (Å²) in [4.78, 5) is 11.8. The highest BCUT2D eigenvalue weighted by Crippen LogP contribution is 2.23. The molecular weight excluding hydrogens is 226 g/mol. The summed E-state index contributed by atoms with van der Waals surface area (Å²) in [6.45, 7) is 4.41. The molecule has 1 unspecified atom stereocenters. The van der Waals surface area contributed by atoms with E-state index in [9.17, 15) is 4.79 Å². The van der Waals surface area contributed by atoms with Gasteiger partial charge in [0.05, 0.1) is 7.11 Å². The zero-order valence-electron chi connectivity index (χ0n) is 9.71. The SMILES string of the molecule is CCNC(C)(C(=O)OC)c1ccc(Cl)cc1.